The van der Waals surface area contributed by atoms with Gasteiger partial charge in [0.05, 0.1) is 5.92 Å². The second-order valence-electron chi connectivity index (χ2n) is 10.2. The van der Waals surface area contributed by atoms with E-state index in [0.29, 0.717) is 32.7 Å². The van der Waals surface area contributed by atoms with E-state index in [-0.39, 0.29) is 24.3 Å². The largest absolute Gasteiger partial charge is 0.489 e. The van der Waals surface area contributed by atoms with Gasteiger partial charge in [0.25, 0.3) is 0 Å². The fourth-order valence-corrected chi connectivity index (χ4v) is 4.46. The maximum Gasteiger partial charge on any atom is 0.410 e. The number of carbonyl (C=O) groups is 3. The van der Waals surface area contributed by atoms with Crippen molar-refractivity contribution in [3.63, 3.8) is 0 Å². The molecule has 0 radical (unpaired) electrons. The highest BCUT2D eigenvalue weighted by molar-refractivity contribution is 5.96. The molecule has 4 rings (SSSR count). The first kappa shape index (κ1) is 24.6. The van der Waals surface area contributed by atoms with Gasteiger partial charge in [0, 0.05) is 26.2 Å². The molecule has 2 fully saturated rings. The van der Waals surface area contributed by atoms with Gasteiger partial charge in [-0.05, 0) is 56.4 Å². The summed E-state index contributed by atoms with van der Waals surface area (Å²) in [6.45, 7) is 7.30. The van der Waals surface area contributed by atoms with Gasteiger partial charge >= 0.3 is 12.1 Å². The third-order valence-electron chi connectivity index (χ3n) is 6.11. The van der Waals surface area contributed by atoms with E-state index in [1.54, 1.807) is 4.90 Å². The van der Waals surface area contributed by atoms with Crippen molar-refractivity contribution >= 4 is 18.0 Å². The molecule has 2 aromatic carbocycles. The number of likely N-dealkylation sites (tertiary alicyclic amines) is 2. The fraction of sp³-hybridized carbons (Fsp3) is 0.444. The third-order valence-corrected chi connectivity index (χ3v) is 6.11. The number of fused-ring (bicyclic) bond motifs is 2. The van der Waals surface area contributed by atoms with Gasteiger partial charge in [-0.25, -0.2) is 9.59 Å². The van der Waals surface area contributed by atoms with Crippen molar-refractivity contribution in [1.82, 2.24) is 15.1 Å². The molecule has 8 nitrogen and oxygen atoms in total. The number of urea groups is 1. The Morgan fingerprint density at radius 1 is 0.971 bits per heavy atom. The first-order valence-electron chi connectivity index (χ1n) is 12.0. The second-order valence-corrected chi connectivity index (χ2v) is 10.2. The van der Waals surface area contributed by atoms with E-state index in [9.17, 15) is 14.4 Å². The minimum atomic E-state index is -0.591. The summed E-state index contributed by atoms with van der Waals surface area (Å²) in [5, 5.41) is 2.85. The number of amides is 4. The summed E-state index contributed by atoms with van der Waals surface area (Å²) < 4.78 is 11.3. The lowest BCUT2D eigenvalue weighted by molar-refractivity contribution is -0.140. The lowest BCUT2D eigenvalue weighted by Gasteiger charge is -2.44. The topological polar surface area (TPSA) is 88.2 Å². The van der Waals surface area contributed by atoms with Crippen molar-refractivity contribution < 1.29 is 23.9 Å². The van der Waals surface area contributed by atoms with Crippen LogP contribution in [0.25, 0.3) is 0 Å². The molecular formula is C27H33N3O5. The number of carbonyl (C=O) groups excluding carboxylic acids is 3. The summed E-state index contributed by atoms with van der Waals surface area (Å²) >= 11 is 0. The normalized spacial score (nSPS) is 19.8. The zero-order chi connectivity index (χ0) is 25.0. The van der Waals surface area contributed by atoms with Crippen molar-refractivity contribution in [2.75, 3.05) is 19.6 Å². The van der Waals surface area contributed by atoms with E-state index < -0.39 is 17.7 Å². The van der Waals surface area contributed by atoms with Gasteiger partial charge in [-0.2, -0.15) is 0 Å². The maximum atomic E-state index is 12.9. The van der Waals surface area contributed by atoms with Crippen LogP contribution in [0.1, 0.15) is 38.3 Å². The summed E-state index contributed by atoms with van der Waals surface area (Å²) in [6.07, 6.45) is 0.279. The van der Waals surface area contributed by atoms with Crippen LogP contribution in [0, 0.1) is 11.8 Å². The van der Waals surface area contributed by atoms with Crippen LogP contribution in [0.3, 0.4) is 0 Å². The number of nitrogens with one attached hydrogen (secondary N) is 1. The van der Waals surface area contributed by atoms with Crippen LogP contribution >= 0.6 is 0 Å². The summed E-state index contributed by atoms with van der Waals surface area (Å²) in [6, 6.07) is 17.1. The molecule has 8 heteroatoms. The predicted octanol–water partition coefficient (Wildman–Crippen LogP) is 4.19. The highest BCUT2D eigenvalue weighted by Crippen LogP contribution is 2.30. The van der Waals surface area contributed by atoms with Gasteiger partial charge in [-0.3, -0.25) is 9.69 Å². The lowest BCUT2D eigenvalue weighted by atomic mass is 9.84. The van der Waals surface area contributed by atoms with Gasteiger partial charge in [0.15, 0.2) is 0 Å². The zero-order valence-electron chi connectivity index (χ0n) is 20.5. The molecule has 0 saturated carbocycles. The Labute approximate surface area is 206 Å². The third kappa shape index (κ3) is 6.53. The average Bonchev–Trinajstić information content (AvgIpc) is 2.83. The SMILES string of the molecule is CC(C)(C)OC(=O)N1CC2CC(C1)C(=O)N(C(=O)NCc1ccc(OCc3ccccc3)cc1)C2. The molecule has 2 atom stereocenters. The summed E-state index contributed by atoms with van der Waals surface area (Å²) in [5.74, 6) is 0.168. The van der Waals surface area contributed by atoms with Gasteiger partial charge in [-0.1, -0.05) is 42.5 Å². The molecule has 2 aliphatic heterocycles. The molecule has 35 heavy (non-hydrogen) atoms. The quantitative estimate of drug-likeness (QED) is 0.695. The summed E-state index contributed by atoms with van der Waals surface area (Å²) in [5.41, 5.74) is 1.41. The van der Waals surface area contributed by atoms with E-state index in [1.165, 1.54) is 4.90 Å². The van der Waals surface area contributed by atoms with Crippen LogP contribution in [0.15, 0.2) is 54.6 Å². The van der Waals surface area contributed by atoms with Crippen LogP contribution in [-0.4, -0.2) is 53.1 Å². The second kappa shape index (κ2) is 10.4. The van der Waals surface area contributed by atoms with Crippen molar-refractivity contribution in [2.45, 2.75) is 45.9 Å². The minimum absolute atomic E-state index is 0.0470. The number of rotatable bonds is 5. The molecule has 2 bridgehead atoms. The number of imide groups is 1. The standard InChI is InChI=1S/C27H33N3O5/c1-27(2,3)35-26(33)29-15-21-13-22(17-29)24(31)30(16-21)25(32)28-14-19-9-11-23(12-10-19)34-18-20-7-5-4-6-8-20/h4-12,21-22H,13-18H2,1-3H3,(H,28,32). The monoisotopic (exact) mass is 479 g/mol. The molecule has 2 unspecified atom stereocenters. The van der Waals surface area contributed by atoms with Gasteiger partial charge in [0.1, 0.15) is 18.0 Å². The predicted molar refractivity (Wildman–Crippen MR) is 131 cm³/mol. The van der Waals surface area contributed by atoms with Crippen molar-refractivity contribution in [3.05, 3.63) is 65.7 Å². The Morgan fingerprint density at radius 3 is 2.37 bits per heavy atom. The van der Waals surface area contributed by atoms with Crippen molar-refractivity contribution in [1.29, 1.82) is 0 Å². The Balaban J connectivity index is 1.27. The summed E-state index contributed by atoms with van der Waals surface area (Å²) in [4.78, 5) is 41.1. The van der Waals surface area contributed by atoms with E-state index >= 15 is 0 Å². The lowest BCUT2D eigenvalue weighted by Crippen LogP contribution is -2.60. The number of hydrogen-bond donors (Lipinski definition) is 1. The molecule has 2 heterocycles. The van der Waals surface area contributed by atoms with Gasteiger partial charge in [0.2, 0.25) is 5.91 Å². The average molecular weight is 480 g/mol. The molecule has 0 spiro atoms. The van der Waals surface area contributed by atoms with E-state index in [4.69, 9.17) is 9.47 Å². The van der Waals surface area contributed by atoms with E-state index in [0.717, 1.165) is 16.9 Å². The smallest absolute Gasteiger partial charge is 0.410 e. The van der Waals surface area contributed by atoms with Gasteiger partial charge in [-0.15, -0.1) is 0 Å². The van der Waals surface area contributed by atoms with Crippen LogP contribution in [-0.2, 0) is 22.7 Å². The highest BCUT2D eigenvalue weighted by atomic mass is 16.6. The number of ether oxygens (including phenoxy) is 2. The Bertz CT molecular complexity index is 1050. The van der Waals surface area contributed by atoms with Crippen molar-refractivity contribution in [2.24, 2.45) is 11.8 Å². The number of hydrogen-bond acceptors (Lipinski definition) is 5. The molecule has 1 N–H and O–H groups in total. The zero-order valence-corrected chi connectivity index (χ0v) is 20.5. The van der Waals surface area contributed by atoms with Crippen LogP contribution < -0.4 is 10.1 Å². The minimum Gasteiger partial charge on any atom is -0.489 e. The number of nitrogens with zero attached hydrogens (tertiary/aromatic N) is 2. The van der Waals surface area contributed by atoms with E-state index in [2.05, 4.69) is 5.32 Å². The van der Waals surface area contributed by atoms with E-state index in [1.807, 2.05) is 75.4 Å². The molecule has 2 saturated heterocycles. The Kier molecular flexibility index (Phi) is 7.28. The molecule has 0 aromatic heterocycles. The first-order chi connectivity index (χ1) is 16.7. The number of piperidine rings is 2. The molecular weight excluding hydrogens is 446 g/mol. The molecule has 0 aliphatic carbocycles. The Morgan fingerprint density at radius 2 is 1.69 bits per heavy atom. The Hall–Kier alpha value is -3.55. The molecule has 2 aliphatic rings. The summed E-state index contributed by atoms with van der Waals surface area (Å²) in [7, 11) is 0. The number of benzene rings is 2. The van der Waals surface area contributed by atoms with Crippen LogP contribution in [0.4, 0.5) is 9.59 Å². The fourth-order valence-electron chi connectivity index (χ4n) is 4.46. The molecule has 2 aromatic rings. The van der Waals surface area contributed by atoms with Crippen LogP contribution in [0.2, 0.25) is 0 Å². The maximum absolute atomic E-state index is 12.9. The highest BCUT2D eigenvalue weighted by Gasteiger charge is 2.44. The van der Waals surface area contributed by atoms with Crippen LogP contribution in [0.5, 0.6) is 5.75 Å². The van der Waals surface area contributed by atoms with Crippen molar-refractivity contribution in [3.8, 4) is 5.75 Å². The van der Waals surface area contributed by atoms with Gasteiger partial charge < -0.3 is 19.7 Å². The molecule has 186 valence electrons. The first-order valence-corrected chi connectivity index (χ1v) is 12.0. The molecule has 4 amide bonds.